The summed E-state index contributed by atoms with van der Waals surface area (Å²) in [5, 5.41) is 18.2. The minimum absolute atomic E-state index is 0.143. The van der Waals surface area contributed by atoms with Crippen molar-refractivity contribution in [3.63, 3.8) is 0 Å². The van der Waals surface area contributed by atoms with E-state index in [1.807, 2.05) is 0 Å². The maximum atomic E-state index is 11.6. The molecule has 3 N–H and O–H groups in total. The van der Waals surface area contributed by atoms with Crippen LogP contribution in [-0.2, 0) is 11.2 Å². The molecule has 6 nitrogen and oxygen atoms in total. The van der Waals surface area contributed by atoms with Crippen molar-refractivity contribution in [1.82, 2.24) is 15.2 Å². The van der Waals surface area contributed by atoms with Gasteiger partial charge in [-0.15, -0.1) is 5.10 Å². The summed E-state index contributed by atoms with van der Waals surface area (Å²) in [6, 6.07) is 6.56. The van der Waals surface area contributed by atoms with E-state index in [1.165, 1.54) is 0 Å². The van der Waals surface area contributed by atoms with Gasteiger partial charge in [0, 0.05) is 0 Å². The minimum atomic E-state index is -0.227. The first-order chi connectivity index (χ1) is 8.13. The number of carbonyl (C=O) groups excluding carboxylic acids is 1. The summed E-state index contributed by atoms with van der Waals surface area (Å²) in [5.41, 5.74) is 0.731. The van der Waals surface area contributed by atoms with Gasteiger partial charge in [0.1, 0.15) is 11.6 Å². The number of rotatable bonds is 3. The van der Waals surface area contributed by atoms with Crippen LogP contribution >= 0.6 is 0 Å². The summed E-state index contributed by atoms with van der Waals surface area (Å²) < 4.78 is 0. The minimum Gasteiger partial charge on any atom is -0.508 e. The average Bonchev–Trinajstić information content (AvgIpc) is 2.63. The van der Waals surface area contributed by atoms with E-state index in [0.29, 0.717) is 5.82 Å². The summed E-state index contributed by atoms with van der Waals surface area (Å²) in [6.07, 6.45) is 0.169. The summed E-state index contributed by atoms with van der Waals surface area (Å²) in [6.45, 7) is 1.75. The second-order valence-electron chi connectivity index (χ2n) is 3.64. The Morgan fingerprint density at radius 3 is 3.00 bits per heavy atom. The summed E-state index contributed by atoms with van der Waals surface area (Å²) >= 11 is 0. The van der Waals surface area contributed by atoms with Crippen molar-refractivity contribution in [3.8, 4) is 5.75 Å². The van der Waals surface area contributed by atoms with Crippen LogP contribution in [0.3, 0.4) is 0 Å². The van der Waals surface area contributed by atoms with E-state index in [1.54, 1.807) is 31.2 Å². The molecule has 0 fully saturated rings. The van der Waals surface area contributed by atoms with E-state index in [2.05, 4.69) is 20.5 Å². The molecule has 1 amide bonds. The van der Waals surface area contributed by atoms with Crippen molar-refractivity contribution in [1.29, 1.82) is 0 Å². The fourth-order valence-corrected chi connectivity index (χ4v) is 1.42. The zero-order valence-corrected chi connectivity index (χ0v) is 9.27. The lowest BCUT2D eigenvalue weighted by Gasteiger charge is -2.01. The zero-order chi connectivity index (χ0) is 12.3. The molecule has 0 unspecified atom stereocenters. The number of aromatic hydroxyl groups is 1. The molecule has 0 saturated heterocycles. The Balaban J connectivity index is 1.98. The third-order valence-electron chi connectivity index (χ3n) is 2.12. The van der Waals surface area contributed by atoms with E-state index in [9.17, 15) is 9.90 Å². The molecule has 6 heteroatoms. The molecule has 0 aliphatic rings. The molecule has 17 heavy (non-hydrogen) atoms. The Labute approximate surface area is 97.7 Å². The molecule has 0 spiro atoms. The number of hydrogen-bond donors (Lipinski definition) is 3. The van der Waals surface area contributed by atoms with Crippen molar-refractivity contribution >= 4 is 11.9 Å². The van der Waals surface area contributed by atoms with Crippen LogP contribution in [0, 0.1) is 6.92 Å². The first-order valence-corrected chi connectivity index (χ1v) is 5.10. The van der Waals surface area contributed by atoms with Gasteiger partial charge in [0.15, 0.2) is 0 Å². The van der Waals surface area contributed by atoms with Crippen molar-refractivity contribution in [2.24, 2.45) is 0 Å². The average molecular weight is 232 g/mol. The Morgan fingerprint density at radius 2 is 2.35 bits per heavy atom. The first-order valence-electron chi connectivity index (χ1n) is 5.10. The van der Waals surface area contributed by atoms with E-state index in [4.69, 9.17) is 0 Å². The first kappa shape index (κ1) is 11.1. The Hall–Kier alpha value is -2.37. The van der Waals surface area contributed by atoms with Gasteiger partial charge in [-0.3, -0.25) is 15.2 Å². The van der Waals surface area contributed by atoms with Gasteiger partial charge in [-0.2, -0.15) is 4.98 Å². The van der Waals surface area contributed by atoms with Crippen LogP contribution < -0.4 is 5.32 Å². The lowest BCUT2D eigenvalue weighted by Crippen LogP contribution is -2.15. The monoisotopic (exact) mass is 232 g/mol. The molecule has 1 aromatic heterocycles. The van der Waals surface area contributed by atoms with Crippen LogP contribution in [0.15, 0.2) is 24.3 Å². The topological polar surface area (TPSA) is 90.9 Å². The van der Waals surface area contributed by atoms with Gasteiger partial charge in [0.2, 0.25) is 11.9 Å². The smallest absolute Gasteiger partial charge is 0.248 e. The fraction of sp³-hybridized carbons (Fsp3) is 0.182. The maximum Gasteiger partial charge on any atom is 0.248 e. The van der Waals surface area contributed by atoms with Crippen LogP contribution in [-0.4, -0.2) is 26.2 Å². The second-order valence-corrected chi connectivity index (χ2v) is 3.64. The van der Waals surface area contributed by atoms with E-state index in [-0.39, 0.29) is 24.0 Å². The van der Waals surface area contributed by atoms with Gasteiger partial charge in [0.25, 0.3) is 0 Å². The number of benzene rings is 1. The molecule has 0 atom stereocenters. The van der Waals surface area contributed by atoms with Crippen molar-refractivity contribution in [3.05, 3.63) is 35.7 Å². The number of amides is 1. The lowest BCUT2D eigenvalue weighted by molar-refractivity contribution is -0.115. The van der Waals surface area contributed by atoms with Gasteiger partial charge >= 0.3 is 0 Å². The van der Waals surface area contributed by atoms with E-state index in [0.717, 1.165) is 5.56 Å². The number of anilines is 1. The lowest BCUT2D eigenvalue weighted by atomic mass is 10.1. The Kier molecular flexibility index (Phi) is 3.04. The van der Waals surface area contributed by atoms with Gasteiger partial charge in [0.05, 0.1) is 6.42 Å². The zero-order valence-electron chi connectivity index (χ0n) is 9.27. The number of phenolic OH excluding ortho intramolecular Hbond substituents is 1. The quantitative estimate of drug-likeness (QED) is 0.736. The SMILES string of the molecule is Cc1nc(NC(=O)Cc2cccc(O)c2)n[nH]1. The van der Waals surface area contributed by atoms with E-state index < -0.39 is 0 Å². The predicted molar refractivity (Wildman–Crippen MR) is 61.6 cm³/mol. The highest BCUT2D eigenvalue weighted by Gasteiger charge is 2.07. The summed E-state index contributed by atoms with van der Waals surface area (Å²) in [7, 11) is 0. The number of nitrogens with one attached hydrogen (secondary N) is 2. The van der Waals surface area contributed by atoms with Gasteiger partial charge < -0.3 is 5.11 Å². The third kappa shape index (κ3) is 3.04. The van der Waals surface area contributed by atoms with Crippen LogP contribution in [0.25, 0.3) is 0 Å². The number of carbonyl (C=O) groups is 1. The molecule has 0 radical (unpaired) electrons. The van der Waals surface area contributed by atoms with Gasteiger partial charge in [-0.25, -0.2) is 0 Å². The molecule has 0 aliphatic carbocycles. The number of H-pyrrole nitrogens is 1. The van der Waals surface area contributed by atoms with Gasteiger partial charge in [-0.05, 0) is 24.6 Å². The van der Waals surface area contributed by atoms with E-state index >= 15 is 0 Å². The number of phenols is 1. The number of hydrogen-bond acceptors (Lipinski definition) is 4. The molecule has 88 valence electrons. The number of aromatic nitrogens is 3. The molecule has 0 aliphatic heterocycles. The molecule has 1 heterocycles. The molecule has 0 bridgehead atoms. The van der Waals surface area contributed by atoms with Crippen molar-refractivity contribution in [2.75, 3.05) is 5.32 Å². The second kappa shape index (κ2) is 4.65. The highest BCUT2D eigenvalue weighted by Crippen LogP contribution is 2.11. The van der Waals surface area contributed by atoms with Crippen LogP contribution in [0.5, 0.6) is 5.75 Å². The maximum absolute atomic E-state index is 11.6. The predicted octanol–water partition coefficient (Wildman–Crippen LogP) is 1.000. The molecular weight excluding hydrogens is 220 g/mol. The molecule has 2 aromatic rings. The molecular formula is C11H12N4O2. The highest BCUT2D eigenvalue weighted by atomic mass is 16.3. The number of aryl methyl sites for hydroxylation is 1. The normalized spacial score (nSPS) is 10.2. The Bertz CT molecular complexity index is 536. The molecule has 2 rings (SSSR count). The van der Waals surface area contributed by atoms with Crippen LogP contribution in [0.1, 0.15) is 11.4 Å². The van der Waals surface area contributed by atoms with Crippen LogP contribution in [0.2, 0.25) is 0 Å². The summed E-state index contributed by atoms with van der Waals surface area (Å²) in [4.78, 5) is 15.6. The number of nitrogens with zero attached hydrogens (tertiary/aromatic N) is 2. The highest BCUT2D eigenvalue weighted by molar-refractivity contribution is 5.90. The standard InChI is InChI=1S/C11H12N4O2/c1-7-12-11(15-14-7)13-10(17)6-8-3-2-4-9(16)5-8/h2-5,16H,6H2,1H3,(H2,12,13,14,15,17). The number of aromatic amines is 1. The largest absolute Gasteiger partial charge is 0.508 e. The third-order valence-corrected chi connectivity index (χ3v) is 2.12. The summed E-state index contributed by atoms with van der Waals surface area (Å²) in [5.74, 6) is 0.809. The Morgan fingerprint density at radius 1 is 1.53 bits per heavy atom. The van der Waals surface area contributed by atoms with Crippen molar-refractivity contribution < 1.29 is 9.90 Å². The van der Waals surface area contributed by atoms with Crippen LogP contribution in [0.4, 0.5) is 5.95 Å². The molecule has 0 saturated carbocycles. The molecule has 1 aromatic carbocycles. The fourth-order valence-electron chi connectivity index (χ4n) is 1.42. The van der Waals surface area contributed by atoms with Gasteiger partial charge in [-0.1, -0.05) is 12.1 Å². The van der Waals surface area contributed by atoms with Crippen molar-refractivity contribution in [2.45, 2.75) is 13.3 Å².